The fourth-order valence-corrected chi connectivity index (χ4v) is 1.53. The van der Waals surface area contributed by atoms with E-state index in [1.807, 2.05) is 20.8 Å². The van der Waals surface area contributed by atoms with Gasteiger partial charge >= 0.3 is 6.03 Å². The van der Waals surface area contributed by atoms with Gasteiger partial charge in [0.2, 0.25) is 0 Å². The van der Waals surface area contributed by atoms with Crippen LogP contribution in [0.2, 0.25) is 0 Å². The van der Waals surface area contributed by atoms with Crippen LogP contribution in [0.4, 0.5) is 10.5 Å². The van der Waals surface area contributed by atoms with Gasteiger partial charge in [0.25, 0.3) is 5.56 Å². The minimum atomic E-state index is -0.353. The zero-order valence-corrected chi connectivity index (χ0v) is 11.5. The lowest BCUT2D eigenvalue weighted by Gasteiger charge is -2.19. The van der Waals surface area contributed by atoms with E-state index in [2.05, 4.69) is 10.6 Å². The number of aryl methyl sites for hydroxylation is 1. The molecule has 1 heterocycles. The van der Waals surface area contributed by atoms with Gasteiger partial charge in [-0.3, -0.25) is 4.79 Å². The van der Waals surface area contributed by atoms with E-state index >= 15 is 0 Å². The number of hydrogen-bond acceptors (Lipinski definition) is 3. The molecule has 0 fully saturated rings. The van der Waals surface area contributed by atoms with Gasteiger partial charge in [0.15, 0.2) is 0 Å². The lowest BCUT2D eigenvalue weighted by Crippen LogP contribution is -2.41. The molecule has 6 nitrogen and oxygen atoms in total. The summed E-state index contributed by atoms with van der Waals surface area (Å²) in [5.41, 5.74) is 0.457. The third kappa shape index (κ3) is 4.40. The number of carbonyl (C=O) groups is 1. The van der Waals surface area contributed by atoms with Crippen LogP contribution in [-0.4, -0.2) is 28.4 Å². The molecule has 2 amide bonds. The molecule has 0 saturated heterocycles. The van der Waals surface area contributed by atoms with E-state index in [0.29, 0.717) is 12.2 Å². The van der Waals surface area contributed by atoms with Gasteiger partial charge < -0.3 is 20.3 Å². The summed E-state index contributed by atoms with van der Waals surface area (Å²) in [5, 5.41) is 14.4. The Hall–Kier alpha value is -1.82. The number of rotatable bonds is 5. The van der Waals surface area contributed by atoms with Crippen LogP contribution >= 0.6 is 0 Å². The highest BCUT2D eigenvalue weighted by Crippen LogP contribution is 2.05. The van der Waals surface area contributed by atoms with E-state index in [4.69, 9.17) is 5.11 Å². The molecule has 1 aromatic rings. The van der Waals surface area contributed by atoms with Crippen molar-refractivity contribution in [3.8, 4) is 0 Å². The van der Waals surface area contributed by atoms with E-state index < -0.39 is 0 Å². The number of hydrogen-bond donors (Lipinski definition) is 3. The lowest BCUT2D eigenvalue weighted by molar-refractivity contribution is 0.204. The standard InChI is InChI=1S/C13H21N3O3/c1-4-16-7-11(5-6-12(16)18)15-13(19)14-10(3)9(2)8-17/h5-7,9-10,17H,4,8H2,1-3H3,(H2,14,15,19). The number of amides is 2. The smallest absolute Gasteiger partial charge is 0.319 e. The SMILES string of the molecule is CCn1cc(NC(=O)NC(C)C(C)CO)ccc1=O. The zero-order chi connectivity index (χ0) is 14.4. The van der Waals surface area contributed by atoms with Gasteiger partial charge in [-0.25, -0.2) is 4.79 Å². The van der Waals surface area contributed by atoms with Crippen molar-refractivity contribution >= 4 is 11.7 Å². The minimum Gasteiger partial charge on any atom is -0.396 e. The number of urea groups is 1. The summed E-state index contributed by atoms with van der Waals surface area (Å²) in [7, 11) is 0. The van der Waals surface area contributed by atoms with Gasteiger partial charge in [0.1, 0.15) is 0 Å². The van der Waals surface area contributed by atoms with Crippen LogP contribution in [0.3, 0.4) is 0 Å². The van der Waals surface area contributed by atoms with Gasteiger partial charge in [-0.1, -0.05) is 6.92 Å². The van der Waals surface area contributed by atoms with E-state index in [-0.39, 0.29) is 30.2 Å². The Kier molecular flexibility index (Phi) is 5.57. The third-order valence-corrected chi connectivity index (χ3v) is 3.08. The number of pyridine rings is 1. The predicted molar refractivity (Wildman–Crippen MR) is 74.2 cm³/mol. The second-order valence-electron chi connectivity index (χ2n) is 4.59. The molecule has 0 radical (unpaired) electrons. The number of aliphatic hydroxyl groups excluding tert-OH is 1. The molecule has 106 valence electrons. The number of anilines is 1. The maximum absolute atomic E-state index is 11.7. The number of aliphatic hydroxyl groups is 1. The van der Waals surface area contributed by atoms with Crippen LogP contribution < -0.4 is 16.2 Å². The van der Waals surface area contributed by atoms with Gasteiger partial charge in [-0.15, -0.1) is 0 Å². The highest BCUT2D eigenvalue weighted by molar-refractivity contribution is 5.89. The van der Waals surface area contributed by atoms with Crippen molar-refractivity contribution in [3.63, 3.8) is 0 Å². The Labute approximate surface area is 112 Å². The minimum absolute atomic E-state index is 0.0160. The fraction of sp³-hybridized carbons (Fsp3) is 0.538. The average molecular weight is 267 g/mol. The summed E-state index contributed by atoms with van der Waals surface area (Å²) in [6.07, 6.45) is 1.60. The normalized spacial score (nSPS) is 13.7. The summed E-state index contributed by atoms with van der Waals surface area (Å²) < 4.78 is 1.51. The fourth-order valence-electron chi connectivity index (χ4n) is 1.53. The van der Waals surface area contributed by atoms with E-state index in [1.54, 1.807) is 12.3 Å². The van der Waals surface area contributed by atoms with Gasteiger partial charge in [-0.05, 0) is 25.8 Å². The summed E-state index contributed by atoms with van der Waals surface area (Å²) in [6.45, 7) is 6.10. The van der Waals surface area contributed by atoms with Gasteiger partial charge in [0, 0.05) is 31.5 Å². The van der Waals surface area contributed by atoms with Crippen LogP contribution in [-0.2, 0) is 6.54 Å². The molecule has 2 unspecified atom stereocenters. The molecule has 0 aliphatic heterocycles. The predicted octanol–water partition coefficient (Wildman–Crippen LogP) is 1.01. The molecule has 1 aromatic heterocycles. The lowest BCUT2D eigenvalue weighted by atomic mass is 10.1. The first kappa shape index (κ1) is 15.2. The largest absolute Gasteiger partial charge is 0.396 e. The Morgan fingerprint density at radius 1 is 1.42 bits per heavy atom. The summed E-state index contributed by atoms with van der Waals surface area (Å²) in [5.74, 6) is -0.0182. The molecule has 6 heteroatoms. The monoisotopic (exact) mass is 267 g/mol. The molecule has 19 heavy (non-hydrogen) atoms. The molecule has 0 aliphatic carbocycles. The number of aromatic nitrogens is 1. The Balaban J connectivity index is 2.64. The maximum atomic E-state index is 11.7. The molecule has 1 rings (SSSR count). The molecule has 0 aromatic carbocycles. The van der Waals surface area contributed by atoms with Crippen molar-refractivity contribution in [1.82, 2.24) is 9.88 Å². The number of nitrogens with one attached hydrogen (secondary N) is 2. The van der Waals surface area contributed by atoms with Crippen molar-refractivity contribution in [3.05, 3.63) is 28.7 Å². The average Bonchev–Trinajstić information content (AvgIpc) is 2.39. The molecule has 0 bridgehead atoms. The Morgan fingerprint density at radius 3 is 2.68 bits per heavy atom. The topological polar surface area (TPSA) is 83.4 Å². The summed E-state index contributed by atoms with van der Waals surface area (Å²) in [4.78, 5) is 23.1. The first-order valence-corrected chi connectivity index (χ1v) is 6.36. The number of nitrogens with zero attached hydrogens (tertiary/aromatic N) is 1. The summed E-state index contributed by atoms with van der Waals surface area (Å²) in [6, 6.07) is 2.49. The van der Waals surface area contributed by atoms with Crippen LogP contribution in [0.15, 0.2) is 23.1 Å². The van der Waals surface area contributed by atoms with Gasteiger partial charge in [-0.2, -0.15) is 0 Å². The molecule has 3 N–H and O–H groups in total. The third-order valence-electron chi connectivity index (χ3n) is 3.08. The van der Waals surface area contributed by atoms with Crippen LogP contribution in [0, 0.1) is 5.92 Å². The molecule has 0 spiro atoms. The van der Waals surface area contributed by atoms with E-state index in [9.17, 15) is 9.59 Å². The van der Waals surface area contributed by atoms with Crippen LogP contribution in [0.5, 0.6) is 0 Å². The first-order valence-electron chi connectivity index (χ1n) is 6.36. The molecule has 2 atom stereocenters. The second-order valence-corrected chi connectivity index (χ2v) is 4.59. The maximum Gasteiger partial charge on any atom is 0.319 e. The molecule has 0 saturated carbocycles. The first-order chi connectivity index (χ1) is 8.97. The van der Waals surface area contributed by atoms with Crippen LogP contribution in [0.1, 0.15) is 20.8 Å². The zero-order valence-electron chi connectivity index (χ0n) is 11.5. The molecule has 0 aliphatic rings. The Morgan fingerprint density at radius 2 is 2.11 bits per heavy atom. The van der Waals surface area contributed by atoms with Crippen molar-refractivity contribution in [2.45, 2.75) is 33.4 Å². The molecular weight excluding hydrogens is 246 g/mol. The summed E-state index contributed by atoms with van der Waals surface area (Å²) >= 11 is 0. The van der Waals surface area contributed by atoms with Crippen molar-refractivity contribution in [1.29, 1.82) is 0 Å². The highest BCUT2D eigenvalue weighted by Gasteiger charge is 2.13. The van der Waals surface area contributed by atoms with Crippen LogP contribution in [0.25, 0.3) is 0 Å². The van der Waals surface area contributed by atoms with Crippen molar-refractivity contribution in [2.75, 3.05) is 11.9 Å². The number of carbonyl (C=O) groups excluding carboxylic acids is 1. The van der Waals surface area contributed by atoms with E-state index in [0.717, 1.165) is 0 Å². The van der Waals surface area contributed by atoms with Crippen molar-refractivity contribution < 1.29 is 9.90 Å². The highest BCUT2D eigenvalue weighted by atomic mass is 16.3. The van der Waals surface area contributed by atoms with E-state index in [1.165, 1.54) is 10.6 Å². The second kappa shape index (κ2) is 6.94. The quantitative estimate of drug-likeness (QED) is 0.744. The Bertz CT molecular complexity index is 484. The van der Waals surface area contributed by atoms with Gasteiger partial charge in [0.05, 0.1) is 5.69 Å². The molecular formula is C13H21N3O3. The van der Waals surface area contributed by atoms with Crippen molar-refractivity contribution in [2.24, 2.45) is 5.92 Å².